The summed E-state index contributed by atoms with van der Waals surface area (Å²) >= 11 is 0. The van der Waals surface area contributed by atoms with E-state index < -0.39 is 0 Å². The summed E-state index contributed by atoms with van der Waals surface area (Å²) < 4.78 is 0. The fourth-order valence-electron chi connectivity index (χ4n) is 2.79. The first kappa shape index (κ1) is 12.1. The van der Waals surface area contributed by atoms with Crippen molar-refractivity contribution in [3.63, 3.8) is 0 Å². The molecular formula is C15H20N2. The Labute approximate surface area is 104 Å². The highest BCUT2D eigenvalue weighted by Crippen LogP contribution is 2.36. The lowest BCUT2D eigenvalue weighted by atomic mass is 9.72. The van der Waals surface area contributed by atoms with Crippen LogP contribution in [0.2, 0.25) is 0 Å². The van der Waals surface area contributed by atoms with E-state index in [1.807, 2.05) is 0 Å². The molecule has 0 saturated carbocycles. The van der Waals surface area contributed by atoms with E-state index in [1.54, 1.807) is 0 Å². The molecule has 1 aromatic rings. The Morgan fingerprint density at radius 2 is 1.88 bits per heavy atom. The van der Waals surface area contributed by atoms with Gasteiger partial charge in [-0.05, 0) is 58.0 Å². The molecule has 0 N–H and O–H groups in total. The second-order valence-electron chi connectivity index (χ2n) is 5.32. The molecule has 1 heterocycles. The van der Waals surface area contributed by atoms with Crippen molar-refractivity contribution in [1.82, 2.24) is 4.90 Å². The number of rotatable bonds is 1. The van der Waals surface area contributed by atoms with E-state index >= 15 is 0 Å². The van der Waals surface area contributed by atoms with Crippen LogP contribution in [0, 0.1) is 25.2 Å². The maximum absolute atomic E-state index is 9.61. The van der Waals surface area contributed by atoms with Crippen molar-refractivity contribution in [2.75, 3.05) is 20.1 Å². The molecule has 0 aromatic heterocycles. The lowest BCUT2D eigenvalue weighted by Crippen LogP contribution is -2.40. The third-order valence-electron chi connectivity index (χ3n) is 3.95. The summed E-state index contributed by atoms with van der Waals surface area (Å²) in [6.45, 7) is 6.26. The van der Waals surface area contributed by atoms with Crippen molar-refractivity contribution in [2.45, 2.75) is 32.1 Å². The predicted molar refractivity (Wildman–Crippen MR) is 69.9 cm³/mol. The standard InChI is InChI=1S/C15H20N2/c1-12-4-5-14(13(2)10-12)15(11-16)6-8-17(3)9-7-15/h4-5,10H,6-9H2,1-3H3. The highest BCUT2D eigenvalue weighted by atomic mass is 15.1. The molecule has 0 bridgehead atoms. The van der Waals surface area contributed by atoms with Crippen LogP contribution >= 0.6 is 0 Å². The summed E-state index contributed by atoms with van der Waals surface area (Å²) in [5.74, 6) is 0. The fraction of sp³-hybridized carbons (Fsp3) is 0.533. The highest BCUT2D eigenvalue weighted by Gasteiger charge is 2.36. The van der Waals surface area contributed by atoms with Gasteiger partial charge >= 0.3 is 0 Å². The Bertz CT molecular complexity index is 448. The molecule has 1 aliphatic rings. The van der Waals surface area contributed by atoms with Crippen LogP contribution < -0.4 is 0 Å². The first-order chi connectivity index (χ1) is 8.07. The van der Waals surface area contributed by atoms with E-state index in [4.69, 9.17) is 0 Å². The van der Waals surface area contributed by atoms with Gasteiger partial charge in [0.15, 0.2) is 0 Å². The Morgan fingerprint density at radius 3 is 2.41 bits per heavy atom. The van der Waals surface area contributed by atoms with Crippen LogP contribution in [-0.2, 0) is 5.41 Å². The molecule has 1 aliphatic heterocycles. The molecule has 0 radical (unpaired) electrons. The minimum atomic E-state index is -0.260. The maximum atomic E-state index is 9.61. The van der Waals surface area contributed by atoms with Crippen molar-refractivity contribution in [3.05, 3.63) is 34.9 Å². The number of likely N-dealkylation sites (tertiary alicyclic amines) is 1. The number of piperidine rings is 1. The van der Waals surface area contributed by atoms with Crippen LogP contribution in [0.4, 0.5) is 0 Å². The van der Waals surface area contributed by atoms with Crippen molar-refractivity contribution in [3.8, 4) is 6.07 Å². The quantitative estimate of drug-likeness (QED) is 0.739. The molecule has 1 fully saturated rings. The van der Waals surface area contributed by atoms with Gasteiger partial charge in [-0.25, -0.2) is 0 Å². The number of nitrogens with zero attached hydrogens (tertiary/aromatic N) is 2. The van der Waals surface area contributed by atoms with Gasteiger partial charge in [0.2, 0.25) is 0 Å². The van der Waals surface area contributed by atoms with Gasteiger partial charge in [-0.3, -0.25) is 0 Å². The monoisotopic (exact) mass is 228 g/mol. The van der Waals surface area contributed by atoms with Crippen molar-refractivity contribution >= 4 is 0 Å². The molecule has 2 heteroatoms. The Morgan fingerprint density at radius 1 is 1.24 bits per heavy atom. The largest absolute Gasteiger partial charge is 0.306 e. The van der Waals surface area contributed by atoms with Crippen molar-refractivity contribution in [2.24, 2.45) is 0 Å². The van der Waals surface area contributed by atoms with E-state index in [2.05, 4.69) is 50.1 Å². The molecule has 90 valence electrons. The second-order valence-corrected chi connectivity index (χ2v) is 5.32. The van der Waals surface area contributed by atoms with Crippen LogP contribution in [0.15, 0.2) is 18.2 Å². The molecule has 0 aliphatic carbocycles. The van der Waals surface area contributed by atoms with E-state index in [9.17, 15) is 5.26 Å². The summed E-state index contributed by atoms with van der Waals surface area (Å²) in [4.78, 5) is 2.30. The number of hydrogen-bond acceptors (Lipinski definition) is 2. The van der Waals surface area contributed by atoms with Gasteiger partial charge < -0.3 is 4.90 Å². The topological polar surface area (TPSA) is 27.0 Å². The second kappa shape index (κ2) is 4.50. The van der Waals surface area contributed by atoms with Gasteiger partial charge in [0.05, 0.1) is 11.5 Å². The lowest BCUT2D eigenvalue weighted by Gasteiger charge is -2.36. The van der Waals surface area contributed by atoms with Crippen LogP contribution in [0.3, 0.4) is 0 Å². The number of aryl methyl sites for hydroxylation is 2. The number of benzene rings is 1. The fourth-order valence-corrected chi connectivity index (χ4v) is 2.79. The molecule has 2 nitrogen and oxygen atoms in total. The van der Waals surface area contributed by atoms with E-state index in [1.165, 1.54) is 16.7 Å². The molecule has 2 rings (SSSR count). The van der Waals surface area contributed by atoms with Crippen molar-refractivity contribution < 1.29 is 0 Å². The molecule has 0 amide bonds. The van der Waals surface area contributed by atoms with Gasteiger partial charge in [0.25, 0.3) is 0 Å². The zero-order valence-electron chi connectivity index (χ0n) is 11.0. The Balaban J connectivity index is 2.39. The SMILES string of the molecule is Cc1ccc(C2(C#N)CCN(C)CC2)c(C)c1. The zero-order valence-corrected chi connectivity index (χ0v) is 11.0. The summed E-state index contributed by atoms with van der Waals surface area (Å²) in [5, 5.41) is 9.61. The highest BCUT2D eigenvalue weighted by molar-refractivity contribution is 5.41. The summed E-state index contributed by atoms with van der Waals surface area (Å²) in [5.41, 5.74) is 3.51. The molecule has 17 heavy (non-hydrogen) atoms. The van der Waals surface area contributed by atoms with Gasteiger partial charge in [0.1, 0.15) is 0 Å². The third-order valence-corrected chi connectivity index (χ3v) is 3.95. The molecule has 1 aromatic carbocycles. The molecule has 1 saturated heterocycles. The Kier molecular flexibility index (Phi) is 3.22. The molecule has 0 spiro atoms. The minimum Gasteiger partial charge on any atom is -0.306 e. The molecule has 0 atom stereocenters. The van der Waals surface area contributed by atoms with Crippen LogP contribution in [-0.4, -0.2) is 25.0 Å². The molecule has 0 unspecified atom stereocenters. The van der Waals surface area contributed by atoms with Gasteiger partial charge in [-0.1, -0.05) is 23.8 Å². The van der Waals surface area contributed by atoms with Gasteiger partial charge in [-0.15, -0.1) is 0 Å². The van der Waals surface area contributed by atoms with Gasteiger partial charge in [-0.2, -0.15) is 5.26 Å². The summed E-state index contributed by atoms with van der Waals surface area (Å²) in [6, 6.07) is 9.05. The normalized spacial score (nSPS) is 19.9. The van der Waals surface area contributed by atoms with Crippen molar-refractivity contribution in [1.29, 1.82) is 5.26 Å². The van der Waals surface area contributed by atoms with Crippen LogP contribution in [0.25, 0.3) is 0 Å². The summed E-state index contributed by atoms with van der Waals surface area (Å²) in [7, 11) is 2.13. The summed E-state index contributed by atoms with van der Waals surface area (Å²) in [6.07, 6.45) is 1.90. The first-order valence-electron chi connectivity index (χ1n) is 6.25. The third kappa shape index (κ3) is 2.21. The average Bonchev–Trinajstić information content (AvgIpc) is 2.31. The van der Waals surface area contributed by atoms with E-state index in [0.717, 1.165) is 25.9 Å². The number of nitriles is 1. The minimum absolute atomic E-state index is 0.260. The Hall–Kier alpha value is -1.33. The zero-order chi connectivity index (χ0) is 12.5. The lowest BCUT2D eigenvalue weighted by molar-refractivity contribution is 0.221. The van der Waals surface area contributed by atoms with E-state index in [0.29, 0.717) is 0 Å². The van der Waals surface area contributed by atoms with Gasteiger partial charge in [0, 0.05) is 0 Å². The van der Waals surface area contributed by atoms with Crippen LogP contribution in [0.1, 0.15) is 29.5 Å². The van der Waals surface area contributed by atoms with Crippen LogP contribution in [0.5, 0.6) is 0 Å². The number of hydrogen-bond donors (Lipinski definition) is 0. The maximum Gasteiger partial charge on any atom is 0.0849 e. The smallest absolute Gasteiger partial charge is 0.0849 e. The molecular weight excluding hydrogens is 208 g/mol. The predicted octanol–water partition coefficient (Wildman–Crippen LogP) is 2.79. The average molecular weight is 228 g/mol. The van der Waals surface area contributed by atoms with E-state index in [-0.39, 0.29) is 5.41 Å². The first-order valence-corrected chi connectivity index (χ1v) is 6.25.